The Bertz CT molecular complexity index is 311. The topological polar surface area (TPSA) is 82.1 Å². The molecule has 0 aromatic heterocycles. The number of methoxy groups -OCH3 is 1. The van der Waals surface area contributed by atoms with Gasteiger partial charge in [-0.3, -0.25) is 0 Å². The number of aliphatic carboxylic acids is 1. The van der Waals surface area contributed by atoms with Gasteiger partial charge in [-0.05, 0) is 6.42 Å². The molecule has 0 radical (unpaired) electrons. The Labute approximate surface area is 99.2 Å². The van der Waals surface area contributed by atoms with Gasteiger partial charge in [-0.25, -0.2) is 9.59 Å². The summed E-state index contributed by atoms with van der Waals surface area (Å²) in [5, 5.41) is 8.36. The minimum atomic E-state index is -1.20. The van der Waals surface area contributed by atoms with E-state index in [1.807, 2.05) is 6.92 Å². The first-order chi connectivity index (χ1) is 8.08. The minimum absolute atomic E-state index is 0.0961. The predicted molar refractivity (Wildman–Crippen MR) is 57.5 cm³/mol. The lowest BCUT2D eigenvalue weighted by Crippen LogP contribution is -2.35. The standard InChI is InChI=1S/C11H16O6/c1-3-7-11(15-2)8(6-16-7)17-10(14)5-4-9(12)13/h4-5,7-8,11H,3,6H2,1-2H3,(H,12,13)/b5-4-. The number of carbonyl (C=O) groups excluding carboxylic acids is 1. The third kappa shape index (κ3) is 3.83. The van der Waals surface area contributed by atoms with Crippen molar-refractivity contribution in [2.24, 2.45) is 0 Å². The van der Waals surface area contributed by atoms with E-state index in [1.54, 1.807) is 0 Å². The van der Waals surface area contributed by atoms with Crippen molar-refractivity contribution >= 4 is 11.9 Å². The first kappa shape index (κ1) is 13.7. The Morgan fingerprint density at radius 1 is 1.47 bits per heavy atom. The van der Waals surface area contributed by atoms with Gasteiger partial charge in [-0.1, -0.05) is 6.92 Å². The molecule has 0 aromatic rings. The molecular weight excluding hydrogens is 228 g/mol. The zero-order chi connectivity index (χ0) is 12.8. The second-order valence-corrected chi connectivity index (χ2v) is 3.63. The summed E-state index contributed by atoms with van der Waals surface area (Å²) in [5.41, 5.74) is 0. The zero-order valence-electron chi connectivity index (χ0n) is 9.79. The number of carbonyl (C=O) groups is 2. The van der Waals surface area contributed by atoms with Crippen molar-refractivity contribution in [1.29, 1.82) is 0 Å². The molecule has 0 aliphatic carbocycles. The molecule has 3 unspecified atom stereocenters. The van der Waals surface area contributed by atoms with Crippen LogP contribution >= 0.6 is 0 Å². The van der Waals surface area contributed by atoms with Crippen molar-refractivity contribution in [2.75, 3.05) is 13.7 Å². The second-order valence-electron chi connectivity index (χ2n) is 3.63. The van der Waals surface area contributed by atoms with E-state index < -0.39 is 18.0 Å². The molecule has 1 heterocycles. The molecule has 0 amide bonds. The molecule has 17 heavy (non-hydrogen) atoms. The molecule has 96 valence electrons. The summed E-state index contributed by atoms with van der Waals surface area (Å²) in [6, 6.07) is 0. The predicted octanol–water partition coefficient (Wildman–Crippen LogP) is 0.363. The fourth-order valence-electron chi connectivity index (χ4n) is 1.73. The molecular formula is C11H16O6. The fourth-order valence-corrected chi connectivity index (χ4v) is 1.73. The van der Waals surface area contributed by atoms with Crippen molar-refractivity contribution < 1.29 is 28.9 Å². The van der Waals surface area contributed by atoms with Crippen molar-refractivity contribution in [3.8, 4) is 0 Å². The summed E-state index contributed by atoms with van der Waals surface area (Å²) in [5.74, 6) is -1.90. The largest absolute Gasteiger partial charge is 0.478 e. The number of carboxylic acid groups (broad SMARTS) is 1. The molecule has 1 fully saturated rings. The average Bonchev–Trinajstić information content (AvgIpc) is 2.68. The van der Waals surface area contributed by atoms with Gasteiger partial charge in [0.15, 0.2) is 6.10 Å². The van der Waals surface area contributed by atoms with Crippen LogP contribution in [0, 0.1) is 0 Å². The second kappa shape index (κ2) is 6.36. The first-order valence-corrected chi connectivity index (χ1v) is 5.34. The molecule has 1 rings (SSSR count). The van der Waals surface area contributed by atoms with Crippen LogP contribution in [0.3, 0.4) is 0 Å². The summed E-state index contributed by atoms with van der Waals surface area (Å²) >= 11 is 0. The molecule has 0 spiro atoms. The van der Waals surface area contributed by atoms with E-state index in [9.17, 15) is 9.59 Å². The minimum Gasteiger partial charge on any atom is -0.478 e. The van der Waals surface area contributed by atoms with E-state index in [1.165, 1.54) is 7.11 Å². The van der Waals surface area contributed by atoms with E-state index in [-0.39, 0.29) is 18.8 Å². The maximum atomic E-state index is 11.3. The van der Waals surface area contributed by atoms with Gasteiger partial charge in [0.2, 0.25) is 0 Å². The van der Waals surface area contributed by atoms with E-state index in [0.29, 0.717) is 0 Å². The zero-order valence-corrected chi connectivity index (χ0v) is 9.79. The molecule has 1 aliphatic heterocycles. The van der Waals surface area contributed by atoms with Gasteiger partial charge >= 0.3 is 11.9 Å². The van der Waals surface area contributed by atoms with Crippen molar-refractivity contribution in [3.63, 3.8) is 0 Å². The highest BCUT2D eigenvalue weighted by atomic mass is 16.6. The van der Waals surface area contributed by atoms with Gasteiger partial charge in [-0.2, -0.15) is 0 Å². The lowest BCUT2D eigenvalue weighted by molar-refractivity contribution is -0.148. The summed E-state index contributed by atoms with van der Waals surface area (Å²) in [4.78, 5) is 21.5. The van der Waals surface area contributed by atoms with Gasteiger partial charge in [0.25, 0.3) is 0 Å². The average molecular weight is 244 g/mol. The van der Waals surface area contributed by atoms with Crippen molar-refractivity contribution in [2.45, 2.75) is 31.7 Å². The first-order valence-electron chi connectivity index (χ1n) is 5.34. The molecule has 0 bridgehead atoms. The van der Waals surface area contributed by atoms with Crippen molar-refractivity contribution in [3.05, 3.63) is 12.2 Å². The van der Waals surface area contributed by atoms with Crippen LogP contribution in [0.5, 0.6) is 0 Å². The molecule has 6 heteroatoms. The van der Waals surface area contributed by atoms with E-state index in [0.717, 1.165) is 18.6 Å². The highest BCUT2D eigenvalue weighted by Gasteiger charge is 2.38. The maximum Gasteiger partial charge on any atom is 0.331 e. The number of ether oxygens (including phenoxy) is 3. The van der Waals surface area contributed by atoms with Crippen LogP contribution < -0.4 is 0 Å². The Morgan fingerprint density at radius 3 is 2.71 bits per heavy atom. The van der Waals surface area contributed by atoms with Gasteiger partial charge in [0, 0.05) is 19.3 Å². The monoisotopic (exact) mass is 244 g/mol. The van der Waals surface area contributed by atoms with Crippen LogP contribution in [-0.2, 0) is 23.8 Å². The molecule has 6 nitrogen and oxygen atoms in total. The van der Waals surface area contributed by atoms with Crippen LogP contribution in [-0.4, -0.2) is 49.1 Å². The molecule has 1 aliphatic rings. The molecule has 1 saturated heterocycles. The Morgan fingerprint density at radius 2 is 2.18 bits per heavy atom. The Kier molecular flexibility index (Phi) is 5.11. The van der Waals surface area contributed by atoms with E-state index in [4.69, 9.17) is 19.3 Å². The quantitative estimate of drug-likeness (QED) is 0.555. The van der Waals surface area contributed by atoms with E-state index in [2.05, 4.69) is 0 Å². The normalized spacial score (nSPS) is 28.5. The van der Waals surface area contributed by atoms with Crippen LogP contribution in [0.4, 0.5) is 0 Å². The summed E-state index contributed by atoms with van der Waals surface area (Å²) < 4.78 is 15.7. The van der Waals surface area contributed by atoms with Crippen LogP contribution in [0.15, 0.2) is 12.2 Å². The molecule has 0 aromatic carbocycles. The SMILES string of the molecule is CCC1OCC(OC(=O)/C=C\C(=O)O)C1OC. The smallest absolute Gasteiger partial charge is 0.331 e. The van der Waals surface area contributed by atoms with Crippen molar-refractivity contribution in [1.82, 2.24) is 0 Å². The van der Waals surface area contributed by atoms with Gasteiger partial charge < -0.3 is 19.3 Å². The van der Waals surface area contributed by atoms with Crippen LogP contribution in [0.25, 0.3) is 0 Å². The third-order valence-electron chi connectivity index (χ3n) is 2.51. The third-order valence-corrected chi connectivity index (χ3v) is 2.51. The van der Waals surface area contributed by atoms with Gasteiger partial charge in [-0.15, -0.1) is 0 Å². The Hall–Kier alpha value is -1.40. The van der Waals surface area contributed by atoms with Gasteiger partial charge in [0.05, 0.1) is 12.7 Å². The number of esters is 1. The Balaban J connectivity index is 2.51. The highest BCUT2D eigenvalue weighted by Crippen LogP contribution is 2.22. The highest BCUT2D eigenvalue weighted by molar-refractivity contribution is 5.90. The number of carboxylic acids is 1. The number of rotatable bonds is 5. The van der Waals surface area contributed by atoms with Gasteiger partial charge in [0.1, 0.15) is 6.10 Å². The summed E-state index contributed by atoms with van der Waals surface area (Å²) in [7, 11) is 1.52. The number of hydrogen-bond donors (Lipinski definition) is 1. The summed E-state index contributed by atoms with van der Waals surface area (Å²) in [6.45, 7) is 2.22. The molecule has 3 atom stereocenters. The number of hydrogen-bond acceptors (Lipinski definition) is 5. The lowest BCUT2D eigenvalue weighted by atomic mass is 10.1. The fraction of sp³-hybridized carbons (Fsp3) is 0.636. The van der Waals surface area contributed by atoms with E-state index >= 15 is 0 Å². The lowest BCUT2D eigenvalue weighted by Gasteiger charge is -2.19. The van der Waals surface area contributed by atoms with Crippen LogP contribution in [0.1, 0.15) is 13.3 Å². The molecule has 0 saturated carbocycles. The summed E-state index contributed by atoms with van der Waals surface area (Å²) in [6.07, 6.45) is 1.47. The molecule has 1 N–H and O–H groups in total. The maximum absolute atomic E-state index is 11.3. The van der Waals surface area contributed by atoms with Crippen LogP contribution in [0.2, 0.25) is 0 Å².